The zero-order valence-electron chi connectivity index (χ0n) is 19.0. The summed E-state index contributed by atoms with van der Waals surface area (Å²) in [5.74, 6) is 0.431. The molecule has 0 spiro atoms. The van der Waals surface area contributed by atoms with Gasteiger partial charge in [-0.1, -0.05) is 61.9 Å². The van der Waals surface area contributed by atoms with Gasteiger partial charge in [-0.15, -0.1) is 0 Å². The summed E-state index contributed by atoms with van der Waals surface area (Å²) in [6.45, 7) is 10.3. The van der Waals surface area contributed by atoms with Gasteiger partial charge < -0.3 is 14.7 Å². The maximum absolute atomic E-state index is 13.1. The fourth-order valence-electron chi connectivity index (χ4n) is 4.11. The van der Waals surface area contributed by atoms with Crippen molar-refractivity contribution in [3.8, 4) is 0 Å². The maximum atomic E-state index is 13.1. The SMILES string of the molecule is Cc1ccc(C(=O)N(CC(C)C)CC2CN(CC(O)Cc3ccccc3)CCO2)cc1. The van der Waals surface area contributed by atoms with Gasteiger partial charge in [-0.3, -0.25) is 9.69 Å². The molecular formula is C26H36N2O3. The molecule has 0 saturated carbocycles. The van der Waals surface area contributed by atoms with Crippen LogP contribution in [0.3, 0.4) is 0 Å². The molecule has 2 aromatic rings. The monoisotopic (exact) mass is 424 g/mol. The lowest BCUT2D eigenvalue weighted by Gasteiger charge is -2.37. The average molecular weight is 425 g/mol. The van der Waals surface area contributed by atoms with Crippen LogP contribution in [0.2, 0.25) is 0 Å². The van der Waals surface area contributed by atoms with E-state index in [0.29, 0.717) is 38.6 Å². The van der Waals surface area contributed by atoms with Crippen molar-refractivity contribution in [2.45, 2.75) is 39.4 Å². The first-order valence-corrected chi connectivity index (χ1v) is 11.3. The van der Waals surface area contributed by atoms with Gasteiger partial charge in [-0.05, 0) is 37.0 Å². The highest BCUT2D eigenvalue weighted by atomic mass is 16.5. The van der Waals surface area contributed by atoms with Crippen molar-refractivity contribution < 1.29 is 14.6 Å². The minimum Gasteiger partial charge on any atom is -0.391 e. The zero-order chi connectivity index (χ0) is 22.2. The van der Waals surface area contributed by atoms with Crippen molar-refractivity contribution in [2.75, 3.05) is 39.3 Å². The fourth-order valence-corrected chi connectivity index (χ4v) is 4.11. The van der Waals surface area contributed by atoms with Gasteiger partial charge in [-0.2, -0.15) is 0 Å². The number of morpholine rings is 1. The number of benzene rings is 2. The van der Waals surface area contributed by atoms with Crippen LogP contribution in [0.4, 0.5) is 0 Å². The van der Waals surface area contributed by atoms with Crippen LogP contribution < -0.4 is 0 Å². The van der Waals surface area contributed by atoms with E-state index in [4.69, 9.17) is 4.74 Å². The number of hydrogen-bond acceptors (Lipinski definition) is 4. The standard InChI is InChI=1S/C26H36N2O3/c1-20(2)16-28(26(30)23-11-9-21(3)10-12-23)19-25-18-27(13-14-31-25)17-24(29)15-22-7-5-4-6-8-22/h4-12,20,24-25,29H,13-19H2,1-3H3. The van der Waals surface area contributed by atoms with E-state index in [1.54, 1.807) is 0 Å². The second-order valence-corrected chi connectivity index (χ2v) is 9.07. The van der Waals surface area contributed by atoms with Crippen LogP contribution in [-0.4, -0.2) is 72.4 Å². The van der Waals surface area contributed by atoms with E-state index >= 15 is 0 Å². The molecule has 3 rings (SSSR count). The number of amides is 1. The van der Waals surface area contributed by atoms with E-state index < -0.39 is 6.10 Å². The van der Waals surface area contributed by atoms with Crippen LogP contribution in [0.15, 0.2) is 54.6 Å². The summed E-state index contributed by atoms with van der Waals surface area (Å²) in [4.78, 5) is 17.3. The number of aliphatic hydroxyl groups excluding tert-OH is 1. The maximum Gasteiger partial charge on any atom is 0.253 e. The minimum atomic E-state index is -0.415. The Morgan fingerprint density at radius 2 is 1.87 bits per heavy atom. The molecule has 0 radical (unpaired) electrons. The second kappa shape index (κ2) is 11.4. The van der Waals surface area contributed by atoms with Gasteiger partial charge in [0.25, 0.3) is 5.91 Å². The first-order chi connectivity index (χ1) is 14.9. The number of carbonyl (C=O) groups excluding carboxylic acids is 1. The van der Waals surface area contributed by atoms with E-state index in [9.17, 15) is 9.90 Å². The van der Waals surface area contributed by atoms with Gasteiger partial charge >= 0.3 is 0 Å². The predicted octanol–water partition coefficient (Wildman–Crippen LogP) is 3.40. The summed E-state index contributed by atoms with van der Waals surface area (Å²) in [7, 11) is 0. The summed E-state index contributed by atoms with van der Waals surface area (Å²) < 4.78 is 6.01. The van der Waals surface area contributed by atoms with Gasteiger partial charge in [0, 0.05) is 38.3 Å². The lowest BCUT2D eigenvalue weighted by Crippen LogP contribution is -2.51. The molecule has 1 fully saturated rings. The molecule has 168 valence electrons. The topological polar surface area (TPSA) is 53.0 Å². The van der Waals surface area contributed by atoms with E-state index in [1.807, 2.05) is 66.4 Å². The molecular weight excluding hydrogens is 388 g/mol. The Bertz CT molecular complexity index is 807. The molecule has 1 aliphatic heterocycles. The molecule has 31 heavy (non-hydrogen) atoms. The predicted molar refractivity (Wildman–Crippen MR) is 124 cm³/mol. The third-order valence-corrected chi connectivity index (χ3v) is 5.60. The van der Waals surface area contributed by atoms with Gasteiger partial charge in [0.1, 0.15) is 0 Å². The quantitative estimate of drug-likeness (QED) is 0.670. The first-order valence-electron chi connectivity index (χ1n) is 11.3. The van der Waals surface area contributed by atoms with Crippen LogP contribution in [0.25, 0.3) is 0 Å². The highest BCUT2D eigenvalue weighted by molar-refractivity contribution is 5.94. The molecule has 5 heteroatoms. The highest BCUT2D eigenvalue weighted by Gasteiger charge is 2.27. The number of ether oxygens (including phenoxy) is 1. The van der Waals surface area contributed by atoms with Gasteiger partial charge in [-0.25, -0.2) is 0 Å². The number of aliphatic hydroxyl groups is 1. The molecule has 1 N–H and O–H groups in total. The number of carbonyl (C=O) groups is 1. The molecule has 2 atom stereocenters. The molecule has 2 unspecified atom stereocenters. The van der Waals surface area contributed by atoms with Crippen molar-refractivity contribution in [2.24, 2.45) is 5.92 Å². The lowest BCUT2D eigenvalue weighted by molar-refractivity contribution is -0.0510. The number of nitrogens with zero attached hydrogens (tertiary/aromatic N) is 2. The molecule has 5 nitrogen and oxygen atoms in total. The fraction of sp³-hybridized carbons (Fsp3) is 0.500. The van der Waals surface area contributed by atoms with Crippen molar-refractivity contribution in [3.05, 3.63) is 71.3 Å². The Hall–Kier alpha value is -2.21. The average Bonchev–Trinajstić information content (AvgIpc) is 2.74. The molecule has 0 aromatic heterocycles. The van der Waals surface area contributed by atoms with Crippen molar-refractivity contribution in [1.29, 1.82) is 0 Å². The van der Waals surface area contributed by atoms with Crippen molar-refractivity contribution >= 4 is 5.91 Å². The van der Waals surface area contributed by atoms with Crippen LogP contribution in [0, 0.1) is 12.8 Å². The van der Waals surface area contributed by atoms with Gasteiger partial charge in [0.05, 0.1) is 18.8 Å². The molecule has 0 aliphatic carbocycles. The van der Waals surface area contributed by atoms with E-state index in [1.165, 1.54) is 0 Å². The molecule has 1 saturated heterocycles. The summed E-state index contributed by atoms with van der Waals surface area (Å²) >= 11 is 0. The number of rotatable bonds is 9. The Morgan fingerprint density at radius 1 is 1.16 bits per heavy atom. The Morgan fingerprint density at radius 3 is 2.55 bits per heavy atom. The molecule has 0 bridgehead atoms. The summed E-state index contributed by atoms with van der Waals surface area (Å²) in [6, 6.07) is 17.8. The summed E-state index contributed by atoms with van der Waals surface area (Å²) in [5, 5.41) is 10.6. The second-order valence-electron chi connectivity index (χ2n) is 9.07. The van der Waals surface area contributed by atoms with E-state index in [2.05, 4.69) is 18.7 Å². The smallest absolute Gasteiger partial charge is 0.253 e. The summed E-state index contributed by atoms with van der Waals surface area (Å²) in [5.41, 5.74) is 3.01. The Balaban J connectivity index is 1.58. The van der Waals surface area contributed by atoms with Crippen LogP contribution in [0.5, 0.6) is 0 Å². The lowest BCUT2D eigenvalue weighted by atomic mass is 10.1. The van der Waals surface area contributed by atoms with Gasteiger partial charge in [0.15, 0.2) is 0 Å². The van der Waals surface area contributed by atoms with E-state index in [-0.39, 0.29) is 12.0 Å². The Kier molecular flexibility index (Phi) is 8.64. The first kappa shape index (κ1) is 23.5. The van der Waals surface area contributed by atoms with E-state index in [0.717, 1.165) is 29.8 Å². The Labute approximate surface area is 186 Å². The molecule has 1 amide bonds. The van der Waals surface area contributed by atoms with Crippen LogP contribution in [0.1, 0.15) is 35.3 Å². The number of β-amino-alcohol motifs (C(OH)–C–C–N with tert-alkyl or cyclic N) is 1. The zero-order valence-corrected chi connectivity index (χ0v) is 19.0. The normalized spacial score (nSPS) is 18.2. The van der Waals surface area contributed by atoms with Crippen LogP contribution >= 0.6 is 0 Å². The third kappa shape index (κ3) is 7.46. The minimum absolute atomic E-state index is 0.0502. The third-order valence-electron chi connectivity index (χ3n) is 5.60. The van der Waals surface area contributed by atoms with Gasteiger partial charge in [0.2, 0.25) is 0 Å². The number of hydrogen-bond donors (Lipinski definition) is 1. The van der Waals surface area contributed by atoms with Crippen LogP contribution in [-0.2, 0) is 11.2 Å². The number of aryl methyl sites for hydroxylation is 1. The molecule has 2 aromatic carbocycles. The molecule has 1 aliphatic rings. The molecule has 1 heterocycles. The largest absolute Gasteiger partial charge is 0.391 e. The highest BCUT2D eigenvalue weighted by Crippen LogP contribution is 2.14. The van der Waals surface area contributed by atoms with Crippen molar-refractivity contribution in [3.63, 3.8) is 0 Å². The van der Waals surface area contributed by atoms with Crippen molar-refractivity contribution in [1.82, 2.24) is 9.80 Å². The summed E-state index contributed by atoms with van der Waals surface area (Å²) in [6.07, 6.45) is 0.182.